The number of nitrogens with zero attached hydrogens (tertiary/aromatic N) is 2. The number of hydrogen-bond acceptors (Lipinski definition) is 4. The highest BCUT2D eigenvalue weighted by Crippen LogP contribution is 2.44. The summed E-state index contributed by atoms with van der Waals surface area (Å²) in [6.07, 6.45) is 7.62. The fourth-order valence-corrected chi connectivity index (χ4v) is 5.13. The summed E-state index contributed by atoms with van der Waals surface area (Å²) >= 11 is 6.96. The molecule has 0 aromatic carbocycles. The van der Waals surface area contributed by atoms with Gasteiger partial charge in [-0.3, -0.25) is 10.2 Å². The van der Waals surface area contributed by atoms with Gasteiger partial charge < -0.3 is 5.32 Å². The third-order valence-corrected chi connectivity index (χ3v) is 6.52. The highest BCUT2D eigenvalue weighted by atomic mass is 32.1. The monoisotopic (exact) mass is 348 g/mol. The molecule has 2 aromatic heterocycles. The van der Waals surface area contributed by atoms with Crippen molar-refractivity contribution in [1.82, 2.24) is 15.0 Å². The van der Waals surface area contributed by atoms with Crippen molar-refractivity contribution < 1.29 is 0 Å². The molecule has 0 saturated heterocycles. The van der Waals surface area contributed by atoms with Crippen LogP contribution in [0.3, 0.4) is 0 Å². The highest BCUT2D eigenvalue weighted by molar-refractivity contribution is 7.80. The minimum absolute atomic E-state index is 0.0944. The molecule has 7 heteroatoms. The van der Waals surface area contributed by atoms with Crippen LogP contribution in [-0.2, 0) is 6.42 Å². The van der Waals surface area contributed by atoms with Crippen molar-refractivity contribution in [1.29, 1.82) is 0 Å². The molecule has 2 saturated carbocycles. The van der Waals surface area contributed by atoms with Gasteiger partial charge >= 0.3 is 0 Å². The van der Waals surface area contributed by atoms with E-state index in [9.17, 15) is 4.79 Å². The summed E-state index contributed by atoms with van der Waals surface area (Å²) in [5.74, 6) is 1.60. The number of nitrogens with one attached hydrogen (secondary N) is 2. The molecule has 0 unspecified atom stereocenters. The Hall–Kier alpha value is -1.47. The van der Waals surface area contributed by atoms with Crippen LogP contribution < -0.4 is 16.3 Å². The summed E-state index contributed by atoms with van der Waals surface area (Å²) in [7, 11) is 0. The summed E-state index contributed by atoms with van der Waals surface area (Å²) in [4.78, 5) is 18.9. The van der Waals surface area contributed by atoms with Crippen molar-refractivity contribution in [2.45, 2.75) is 45.1 Å². The summed E-state index contributed by atoms with van der Waals surface area (Å²) in [6, 6.07) is 2.38. The Labute approximate surface area is 144 Å². The largest absolute Gasteiger partial charge is 0.358 e. The van der Waals surface area contributed by atoms with E-state index >= 15 is 0 Å². The molecule has 5 nitrogen and oxygen atoms in total. The van der Waals surface area contributed by atoms with E-state index in [4.69, 9.17) is 12.2 Å². The summed E-state index contributed by atoms with van der Waals surface area (Å²) < 4.78 is 1.39. The van der Waals surface area contributed by atoms with Crippen molar-refractivity contribution in [3.63, 3.8) is 0 Å². The molecule has 0 radical (unpaired) electrons. The number of aryl methyl sites for hydroxylation is 1. The number of hydrogen-bond donors (Lipinski definition) is 2. The first kappa shape index (κ1) is 15.1. The lowest BCUT2D eigenvalue weighted by molar-refractivity contribution is 0.391. The zero-order chi connectivity index (χ0) is 16.0. The molecule has 0 aliphatic heterocycles. The van der Waals surface area contributed by atoms with Crippen molar-refractivity contribution in [3.8, 4) is 0 Å². The third kappa shape index (κ3) is 2.76. The van der Waals surface area contributed by atoms with Crippen LogP contribution in [0.2, 0.25) is 0 Å². The molecule has 0 amide bonds. The second-order valence-electron chi connectivity index (χ2n) is 6.57. The van der Waals surface area contributed by atoms with Crippen LogP contribution in [0.15, 0.2) is 17.2 Å². The lowest BCUT2D eigenvalue weighted by Gasteiger charge is -2.24. The van der Waals surface area contributed by atoms with Gasteiger partial charge in [-0.2, -0.15) is 0 Å². The average Bonchev–Trinajstić information content (AvgIpc) is 3.24. The fourth-order valence-electron chi connectivity index (χ4n) is 3.96. The van der Waals surface area contributed by atoms with Crippen LogP contribution in [0.25, 0.3) is 10.2 Å². The Bertz CT molecular complexity index is 812. The smallest absolute Gasteiger partial charge is 0.280 e. The zero-order valence-electron chi connectivity index (χ0n) is 13.0. The first-order valence-corrected chi connectivity index (χ1v) is 9.44. The van der Waals surface area contributed by atoms with Crippen LogP contribution in [0.5, 0.6) is 0 Å². The number of thiocarbonyl (C=S) groups is 1. The molecule has 4 rings (SSSR count). The van der Waals surface area contributed by atoms with Crippen LogP contribution in [-0.4, -0.2) is 20.8 Å². The van der Waals surface area contributed by atoms with Gasteiger partial charge in [0, 0.05) is 10.9 Å². The van der Waals surface area contributed by atoms with E-state index in [2.05, 4.69) is 22.7 Å². The number of rotatable bonds is 3. The first-order chi connectivity index (χ1) is 11.1. The second kappa shape index (κ2) is 5.87. The average molecular weight is 348 g/mol. The molecule has 2 fully saturated rings. The topological polar surface area (TPSA) is 59.0 Å². The SMILES string of the molecule is CCc1cc2c(=O)n(NC(=S)N[C@@H]3C[C@@H]4CC[C@@H]3C4)cnc2s1. The quantitative estimate of drug-likeness (QED) is 0.835. The van der Waals surface area contributed by atoms with Crippen molar-refractivity contribution in [2.24, 2.45) is 11.8 Å². The molecule has 3 atom stereocenters. The molecule has 23 heavy (non-hydrogen) atoms. The minimum atomic E-state index is -0.0944. The van der Waals surface area contributed by atoms with Crippen molar-refractivity contribution in [3.05, 3.63) is 27.6 Å². The lowest BCUT2D eigenvalue weighted by Crippen LogP contribution is -2.45. The van der Waals surface area contributed by atoms with Crippen LogP contribution in [0, 0.1) is 11.8 Å². The Morgan fingerprint density at radius 2 is 2.35 bits per heavy atom. The van der Waals surface area contributed by atoms with Gasteiger partial charge in [0.15, 0.2) is 5.11 Å². The Balaban J connectivity index is 1.49. The van der Waals surface area contributed by atoms with Gasteiger partial charge in [0.05, 0.1) is 5.39 Å². The molecule has 2 aromatic rings. The fraction of sp³-hybridized carbons (Fsp3) is 0.562. The highest BCUT2D eigenvalue weighted by Gasteiger charge is 2.39. The molecular weight excluding hydrogens is 328 g/mol. The Morgan fingerprint density at radius 3 is 3.04 bits per heavy atom. The molecule has 2 N–H and O–H groups in total. The van der Waals surface area contributed by atoms with E-state index in [0.29, 0.717) is 16.5 Å². The molecule has 2 heterocycles. The minimum Gasteiger partial charge on any atom is -0.358 e. The van der Waals surface area contributed by atoms with Gasteiger partial charge in [0.1, 0.15) is 11.2 Å². The standard InChI is InChI=1S/C16H20N4OS2/c1-2-11-7-12-14(23-11)17-8-20(15(12)21)19-16(22)18-13-6-9-3-4-10(13)5-9/h7-10,13H,2-6H2,1H3,(H2,18,19,22)/t9-,10-,13-/m1/s1. The predicted molar refractivity (Wildman–Crippen MR) is 97.6 cm³/mol. The Morgan fingerprint density at radius 1 is 1.48 bits per heavy atom. The van der Waals surface area contributed by atoms with E-state index in [-0.39, 0.29) is 5.56 Å². The van der Waals surface area contributed by atoms with E-state index in [1.54, 1.807) is 11.3 Å². The lowest BCUT2D eigenvalue weighted by atomic mass is 9.96. The normalized spacial score (nSPS) is 25.9. The van der Waals surface area contributed by atoms with E-state index in [1.165, 1.54) is 41.6 Å². The van der Waals surface area contributed by atoms with Gasteiger partial charge in [0.25, 0.3) is 5.56 Å². The van der Waals surface area contributed by atoms with Gasteiger partial charge in [-0.05, 0) is 55.8 Å². The van der Waals surface area contributed by atoms with Crippen LogP contribution >= 0.6 is 23.6 Å². The van der Waals surface area contributed by atoms with Gasteiger partial charge in [0.2, 0.25) is 0 Å². The van der Waals surface area contributed by atoms with Crippen molar-refractivity contribution in [2.75, 3.05) is 5.43 Å². The van der Waals surface area contributed by atoms with Gasteiger partial charge in [-0.25, -0.2) is 9.66 Å². The Kier molecular flexibility index (Phi) is 3.85. The maximum Gasteiger partial charge on any atom is 0.280 e. The number of aromatic nitrogens is 2. The van der Waals surface area contributed by atoms with E-state index in [0.717, 1.165) is 23.1 Å². The summed E-state index contributed by atoms with van der Waals surface area (Å²) in [5.41, 5.74) is 2.89. The predicted octanol–water partition coefficient (Wildman–Crippen LogP) is 2.63. The molecule has 122 valence electrons. The molecule has 2 aliphatic rings. The first-order valence-electron chi connectivity index (χ1n) is 8.21. The van der Waals surface area contributed by atoms with E-state index in [1.807, 2.05) is 6.07 Å². The van der Waals surface area contributed by atoms with E-state index < -0.39 is 0 Å². The third-order valence-electron chi connectivity index (χ3n) is 5.13. The summed E-state index contributed by atoms with van der Waals surface area (Å²) in [5, 5.41) is 4.55. The zero-order valence-corrected chi connectivity index (χ0v) is 14.7. The maximum atomic E-state index is 12.5. The number of thiophene rings is 1. The number of fused-ring (bicyclic) bond motifs is 3. The summed E-state index contributed by atoms with van der Waals surface area (Å²) in [6.45, 7) is 2.08. The molecule has 2 aliphatic carbocycles. The maximum absolute atomic E-state index is 12.5. The van der Waals surface area contributed by atoms with Crippen LogP contribution in [0.1, 0.15) is 37.5 Å². The molecular formula is C16H20N4OS2. The van der Waals surface area contributed by atoms with Gasteiger partial charge in [-0.15, -0.1) is 11.3 Å². The molecule has 2 bridgehead atoms. The van der Waals surface area contributed by atoms with Gasteiger partial charge in [-0.1, -0.05) is 13.3 Å². The second-order valence-corrected chi connectivity index (χ2v) is 8.09. The van der Waals surface area contributed by atoms with Crippen molar-refractivity contribution >= 4 is 38.9 Å². The van der Waals surface area contributed by atoms with Crippen LogP contribution in [0.4, 0.5) is 0 Å². The molecule has 0 spiro atoms.